The van der Waals surface area contributed by atoms with E-state index >= 15 is 0 Å². The van der Waals surface area contributed by atoms with Gasteiger partial charge in [0.15, 0.2) is 0 Å². The van der Waals surface area contributed by atoms with E-state index in [2.05, 4.69) is 26.1 Å². The standard InChI is InChI=1S/C17H15N7O4/c1-11-3-2-4-13(9-11)20-16-15(24(27)28)17(19-10-18-16)22-21-12-5-7-14(8-6-12)23(25)26/h2-10,21H,1H3,(H2,18,19,20,22). The maximum absolute atomic E-state index is 11.6. The van der Waals surface area contributed by atoms with Crippen LogP contribution in [0.25, 0.3) is 0 Å². The molecule has 0 saturated carbocycles. The van der Waals surface area contributed by atoms with Gasteiger partial charge in [-0.3, -0.25) is 31.1 Å². The maximum atomic E-state index is 11.6. The van der Waals surface area contributed by atoms with Crippen LogP contribution < -0.4 is 16.2 Å². The number of nitrogens with zero attached hydrogens (tertiary/aromatic N) is 4. The average Bonchev–Trinajstić information content (AvgIpc) is 2.66. The Morgan fingerprint density at radius 1 is 0.857 bits per heavy atom. The van der Waals surface area contributed by atoms with E-state index in [1.54, 1.807) is 6.07 Å². The van der Waals surface area contributed by atoms with Crippen molar-refractivity contribution in [1.82, 2.24) is 9.97 Å². The van der Waals surface area contributed by atoms with Crippen molar-refractivity contribution < 1.29 is 9.85 Å². The van der Waals surface area contributed by atoms with E-state index in [4.69, 9.17) is 0 Å². The zero-order chi connectivity index (χ0) is 20.1. The van der Waals surface area contributed by atoms with Crippen LogP contribution in [0.2, 0.25) is 0 Å². The van der Waals surface area contributed by atoms with E-state index in [1.165, 1.54) is 30.6 Å². The minimum Gasteiger partial charge on any atom is -0.334 e. The van der Waals surface area contributed by atoms with Gasteiger partial charge in [0.25, 0.3) is 5.69 Å². The fourth-order valence-electron chi connectivity index (χ4n) is 2.39. The van der Waals surface area contributed by atoms with E-state index in [0.29, 0.717) is 11.4 Å². The number of hydrazine groups is 1. The minimum atomic E-state index is -0.599. The van der Waals surface area contributed by atoms with Gasteiger partial charge in [-0.05, 0) is 36.8 Å². The third-order valence-electron chi connectivity index (χ3n) is 3.69. The van der Waals surface area contributed by atoms with Gasteiger partial charge in [-0.15, -0.1) is 0 Å². The molecule has 0 aliphatic carbocycles. The Labute approximate surface area is 158 Å². The maximum Gasteiger partial charge on any atom is 0.355 e. The summed E-state index contributed by atoms with van der Waals surface area (Å²) < 4.78 is 0. The summed E-state index contributed by atoms with van der Waals surface area (Å²) >= 11 is 0. The molecule has 0 unspecified atom stereocenters. The quantitative estimate of drug-likeness (QED) is 0.410. The molecular weight excluding hydrogens is 366 g/mol. The van der Waals surface area contributed by atoms with Gasteiger partial charge in [0, 0.05) is 17.8 Å². The summed E-state index contributed by atoms with van der Waals surface area (Å²) in [5, 5.41) is 25.2. The Morgan fingerprint density at radius 3 is 2.21 bits per heavy atom. The zero-order valence-corrected chi connectivity index (χ0v) is 14.6. The van der Waals surface area contributed by atoms with Gasteiger partial charge in [0.05, 0.1) is 15.5 Å². The van der Waals surface area contributed by atoms with Crippen LogP contribution in [0.4, 0.5) is 34.4 Å². The molecule has 0 atom stereocenters. The molecule has 0 spiro atoms. The van der Waals surface area contributed by atoms with Crippen molar-refractivity contribution in [3.63, 3.8) is 0 Å². The normalized spacial score (nSPS) is 10.2. The number of rotatable bonds is 7. The molecule has 11 nitrogen and oxygen atoms in total. The highest BCUT2D eigenvalue weighted by Crippen LogP contribution is 2.31. The lowest BCUT2D eigenvalue weighted by Gasteiger charge is -2.11. The largest absolute Gasteiger partial charge is 0.355 e. The van der Waals surface area contributed by atoms with E-state index in [1.807, 2.05) is 25.1 Å². The Bertz CT molecular complexity index is 1020. The second-order valence-electron chi connectivity index (χ2n) is 5.73. The van der Waals surface area contributed by atoms with Crippen LogP contribution in [-0.2, 0) is 0 Å². The molecule has 28 heavy (non-hydrogen) atoms. The lowest BCUT2D eigenvalue weighted by molar-refractivity contribution is -0.384. The number of benzene rings is 2. The molecule has 0 amide bonds. The summed E-state index contributed by atoms with van der Waals surface area (Å²) in [5.74, 6) is -0.0351. The smallest absolute Gasteiger partial charge is 0.334 e. The van der Waals surface area contributed by atoms with Crippen molar-refractivity contribution in [3.05, 3.63) is 80.7 Å². The number of anilines is 4. The molecule has 0 saturated heterocycles. The first-order valence-corrected chi connectivity index (χ1v) is 8.03. The monoisotopic (exact) mass is 381 g/mol. The fourth-order valence-corrected chi connectivity index (χ4v) is 2.39. The Morgan fingerprint density at radius 2 is 1.57 bits per heavy atom. The second kappa shape index (κ2) is 7.95. The first kappa shape index (κ1) is 18.5. The van der Waals surface area contributed by atoms with Crippen molar-refractivity contribution in [3.8, 4) is 0 Å². The van der Waals surface area contributed by atoms with Crippen molar-refractivity contribution in [1.29, 1.82) is 0 Å². The molecule has 0 radical (unpaired) electrons. The third kappa shape index (κ3) is 4.27. The molecule has 3 N–H and O–H groups in total. The van der Waals surface area contributed by atoms with Crippen molar-refractivity contribution in [2.45, 2.75) is 6.92 Å². The van der Waals surface area contributed by atoms with Crippen molar-refractivity contribution >= 4 is 34.4 Å². The van der Waals surface area contributed by atoms with E-state index in [-0.39, 0.29) is 23.0 Å². The van der Waals surface area contributed by atoms with Crippen LogP contribution in [-0.4, -0.2) is 19.8 Å². The predicted octanol–water partition coefficient (Wildman–Crippen LogP) is 3.78. The van der Waals surface area contributed by atoms with Crippen molar-refractivity contribution in [2.24, 2.45) is 0 Å². The van der Waals surface area contributed by atoms with Crippen LogP contribution in [0.15, 0.2) is 54.9 Å². The molecule has 0 aliphatic rings. The summed E-state index contributed by atoms with van der Waals surface area (Å²) in [6, 6.07) is 12.9. The van der Waals surface area contributed by atoms with Crippen LogP contribution in [0.5, 0.6) is 0 Å². The van der Waals surface area contributed by atoms with Crippen LogP contribution in [0.1, 0.15) is 5.56 Å². The fraction of sp³-hybridized carbons (Fsp3) is 0.0588. The van der Waals surface area contributed by atoms with Gasteiger partial charge in [0.1, 0.15) is 6.33 Å². The zero-order valence-electron chi connectivity index (χ0n) is 14.6. The van der Waals surface area contributed by atoms with E-state index in [0.717, 1.165) is 5.56 Å². The van der Waals surface area contributed by atoms with Crippen LogP contribution in [0, 0.1) is 27.2 Å². The summed E-state index contributed by atoms with van der Waals surface area (Å²) in [6.45, 7) is 1.90. The number of non-ortho nitro benzene ring substituents is 1. The van der Waals surface area contributed by atoms with Crippen LogP contribution in [0.3, 0.4) is 0 Å². The van der Waals surface area contributed by atoms with Gasteiger partial charge in [-0.1, -0.05) is 12.1 Å². The molecular formula is C17H15N7O4. The highest BCUT2D eigenvalue weighted by molar-refractivity contribution is 5.74. The lowest BCUT2D eigenvalue weighted by atomic mass is 10.2. The number of hydrogen-bond acceptors (Lipinski definition) is 9. The van der Waals surface area contributed by atoms with E-state index < -0.39 is 9.85 Å². The lowest BCUT2D eigenvalue weighted by Crippen LogP contribution is -2.13. The molecule has 2 aromatic carbocycles. The number of hydrogen-bond donors (Lipinski definition) is 3. The van der Waals surface area contributed by atoms with Crippen LogP contribution >= 0.6 is 0 Å². The topological polar surface area (TPSA) is 148 Å². The molecule has 3 rings (SSSR count). The Balaban J connectivity index is 1.82. The predicted molar refractivity (Wildman–Crippen MR) is 103 cm³/mol. The van der Waals surface area contributed by atoms with E-state index in [9.17, 15) is 20.2 Å². The molecule has 0 fully saturated rings. The number of nitro benzene ring substituents is 1. The number of aryl methyl sites for hydroxylation is 1. The second-order valence-corrected chi connectivity index (χ2v) is 5.73. The summed E-state index contributed by atoms with van der Waals surface area (Å²) in [4.78, 5) is 29.0. The minimum absolute atomic E-state index is 0.0265. The first-order valence-electron chi connectivity index (χ1n) is 8.03. The number of aromatic nitrogens is 2. The Hall–Kier alpha value is -4.28. The third-order valence-corrected chi connectivity index (χ3v) is 3.69. The average molecular weight is 381 g/mol. The number of nitro groups is 2. The summed E-state index contributed by atoms with van der Waals surface area (Å²) in [6.07, 6.45) is 1.19. The van der Waals surface area contributed by atoms with Gasteiger partial charge in [-0.2, -0.15) is 0 Å². The molecule has 0 bridgehead atoms. The summed E-state index contributed by atoms with van der Waals surface area (Å²) in [5.41, 5.74) is 7.06. The van der Waals surface area contributed by atoms with Crippen molar-refractivity contribution in [2.75, 3.05) is 16.2 Å². The number of nitrogens with one attached hydrogen (secondary N) is 3. The molecule has 11 heteroatoms. The SMILES string of the molecule is Cc1cccc(Nc2ncnc(NNc3ccc([N+](=O)[O-])cc3)c2[N+](=O)[O-])c1. The van der Waals surface area contributed by atoms with Gasteiger partial charge in [-0.25, -0.2) is 9.97 Å². The van der Waals surface area contributed by atoms with Gasteiger partial charge >= 0.3 is 5.69 Å². The molecule has 0 aliphatic heterocycles. The molecule has 1 heterocycles. The van der Waals surface area contributed by atoms with Gasteiger partial charge in [0.2, 0.25) is 11.6 Å². The molecule has 142 valence electrons. The Kier molecular flexibility index (Phi) is 5.25. The van der Waals surface area contributed by atoms with Gasteiger partial charge < -0.3 is 5.32 Å². The molecule has 3 aromatic rings. The molecule has 1 aromatic heterocycles. The summed E-state index contributed by atoms with van der Waals surface area (Å²) in [7, 11) is 0. The first-order chi connectivity index (χ1) is 13.4. The highest BCUT2D eigenvalue weighted by Gasteiger charge is 2.23. The highest BCUT2D eigenvalue weighted by atomic mass is 16.6.